The average molecular weight is 246 g/mol. The molecule has 1 aliphatic rings. The summed E-state index contributed by atoms with van der Waals surface area (Å²) >= 11 is 0. The molecular formula is C10H9F3N2O2. The molecule has 7 heteroatoms. The Morgan fingerprint density at radius 2 is 2.06 bits per heavy atom. The molecule has 1 aliphatic heterocycles. The van der Waals surface area contributed by atoms with Crippen molar-refractivity contribution in [3.8, 4) is 5.75 Å². The molecule has 0 aliphatic carbocycles. The number of nitrogens with one attached hydrogen (secondary N) is 2. The van der Waals surface area contributed by atoms with Crippen LogP contribution in [-0.4, -0.2) is 19.3 Å². The van der Waals surface area contributed by atoms with Crippen molar-refractivity contribution in [1.29, 1.82) is 0 Å². The van der Waals surface area contributed by atoms with Gasteiger partial charge in [0.15, 0.2) is 6.04 Å². The van der Waals surface area contributed by atoms with Crippen LogP contribution in [0, 0.1) is 0 Å². The third-order valence-corrected chi connectivity index (χ3v) is 2.42. The fraction of sp³-hybridized carbons (Fsp3) is 0.300. The average Bonchev–Trinajstić information content (AvgIpc) is 2.25. The van der Waals surface area contributed by atoms with Gasteiger partial charge >= 0.3 is 12.2 Å². The zero-order valence-electron chi connectivity index (χ0n) is 8.76. The maximum atomic E-state index is 12.7. The second kappa shape index (κ2) is 3.83. The Kier molecular flexibility index (Phi) is 2.60. The van der Waals surface area contributed by atoms with Crippen LogP contribution in [0.3, 0.4) is 0 Å². The van der Waals surface area contributed by atoms with Gasteiger partial charge in [-0.25, -0.2) is 4.79 Å². The molecule has 17 heavy (non-hydrogen) atoms. The Morgan fingerprint density at radius 1 is 1.35 bits per heavy atom. The molecule has 1 unspecified atom stereocenters. The lowest BCUT2D eigenvalue weighted by atomic mass is 10.0. The van der Waals surface area contributed by atoms with Gasteiger partial charge in [0, 0.05) is 11.6 Å². The standard InChI is InChI=1S/C10H9F3N2O2/c1-17-5-2-3-6-7(4-5)14-9(16)15-8(6)10(11,12)13/h2-4,8H,1H3,(H2,14,15,16). The minimum atomic E-state index is -4.53. The smallest absolute Gasteiger partial charge is 0.413 e. The van der Waals surface area contributed by atoms with E-state index in [1.54, 1.807) is 0 Å². The predicted octanol–water partition coefficient (Wildman–Crippen LogP) is 2.43. The molecule has 0 spiro atoms. The molecule has 2 rings (SSSR count). The Morgan fingerprint density at radius 3 is 2.65 bits per heavy atom. The minimum Gasteiger partial charge on any atom is -0.497 e. The number of ether oxygens (including phenoxy) is 1. The van der Waals surface area contributed by atoms with Crippen molar-refractivity contribution in [3.63, 3.8) is 0 Å². The van der Waals surface area contributed by atoms with Crippen molar-refractivity contribution < 1.29 is 22.7 Å². The third kappa shape index (κ3) is 2.13. The van der Waals surface area contributed by atoms with E-state index in [9.17, 15) is 18.0 Å². The summed E-state index contributed by atoms with van der Waals surface area (Å²) in [5.74, 6) is 0.381. The van der Waals surface area contributed by atoms with Gasteiger partial charge in [-0.15, -0.1) is 0 Å². The Hall–Kier alpha value is -1.92. The zero-order valence-corrected chi connectivity index (χ0v) is 8.76. The largest absolute Gasteiger partial charge is 0.497 e. The normalized spacial score (nSPS) is 19.1. The molecule has 0 saturated carbocycles. The summed E-state index contributed by atoms with van der Waals surface area (Å²) in [4.78, 5) is 11.1. The van der Waals surface area contributed by atoms with Gasteiger partial charge in [-0.05, 0) is 6.07 Å². The van der Waals surface area contributed by atoms with Crippen LogP contribution in [0.1, 0.15) is 11.6 Å². The van der Waals surface area contributed by atoms with Crippen LogP contribution >= 0.6 is 0 Å². The fourth-order valence-corrected chi connectivity index (χ4v) is 1.65. The molecule has 1 heterocycles. The molecule has 0 radical (unpaired) electrons. The summed E-state index contributed by atoms with van der Waals surface area (Å²) in [6.07, 6.45) is -4.53. The number of urea groups is 1. The lowest BCUT2D eigenvalue weighted by molar-refractivity contribution is -0.155. The van der Waals surface area contributed by atoms with E-state index in [0.29, 0.717) is 5.75 Å². The molecule has 1 aromatic carbocycles. The van der Waals surface area contributed by atoms with Crippen LogP contribution < -0.4 is 15.4 Å². The number of benzene rings is 1. The molecule has 0 fully saturated rings. The van der Waals surface area contributed by atoms with Gasteiger partial charge in [-0.1, -0.05) is 6.07 Å². The summed E-state index contributed by atoms with van der Waals surface area (Å²) in [6.45, 7) is 0. The van der Waals surface area contributed by atoms with Crippen molar-refractivity contribution in [1.82, 2.24) is 5.32 Å². The monoisotopic (exact) mass is 246 g/mol. The maximum absolute atomic E-state index is 12.7. The number of carbonyl (C=O) groups is 1. The van der Waals surface area contributed by atoms with E-state index in [-0.39, 0.29) is 11.3 Å². The molecule has 2 N–H and O–H groups in total. The fourth-order valence-electron chi connectivity index (χ4n) is 1.65. The van der Waals surface area contributed by atoms with E-state index in [4.69, 9.17) is 4.74 Å². The molecule has 92 valence electrons. The van der Waals surface area contributed by atoms with E-state index in [2.05, 4.69) is 5.32 Å². The van der Waals surface area contributed by atoms with Gasteiger partial charge in [-0.3, -0.25) is 0 Å². The second-order valence-electron chi connectivity index (χ2n) is 3.53. The number of hydrogen-bond donors (Lipinski definition) is 2. The topological polar surface area (TPSA) is 50.4 Å². The molecule has 1 aromatic rings. The van der Waals surface area contributed by atoms with Crippen molar-refractivity contribution >= 4 is 11.7 Å². The highest BCUT2D eigenvalue weighted by Crippen LogP contribution is 2.39. The van der Waals surface area contributed by atoms with Gasteiger partial charge in [0.2, 0.25) is 0 Å². The van der Waals surface area contributed by atoms with Crippen molar-refractivity contribution in [2.24, 2.45) is 0 Å². The number of amides is 2. The van der Waals surface area contributed by atoms with Crippen LogP contribution in [0.5, 0.6) is 5.75 Å². The highest BCUT2D eigenvalue weighted by Gasteiger charge is 2.45. The van der Waals surface area contributed by atoms with E-state index >= 15 is 0 Å². The number of hydrogen-bond acceptors (Lipinski definition) is 2. The lowest BCUT2D eigenvalue weighted by Crippen LogP contribution is -2.44. The van der Waals surface area contributed by atoms with Gasteiger partial charge in [0.25, 0.3) is 0 Å². The maximum Gasteiger partial charge on any atom is 0.413 e. The SMILES string of the molecule is COc1ccc2c(c1)NC(=O)NC2C(F)(F)F. The first-order valence-electron chi connectivity index (χ1n) is 4.74. The van der Waals surface area contributed by atoms with E-state index in [0.717, 1.165) is 0 Å². The summed E-state index contributed by atoms with van der Waals surface area (Å²) in [5, 5.41) is 4.14. The van der Waals surface area contributed by atoms with Crippen LogP contribution in [-0.2, 0) is 0 Å². The van der Waals surface area contributed by atoms with Crippen molar-refractivity contribution in [2.45, 2.75) is 12.2 Å². The molecular weight excluding hydrogens is 237 g/mol. The lowest BCUT2D eigenvalue weighted by Gasteiger charge is -2.29. The van der Waals surface area contributed by atoms with E-state index in [1.165, 1.54) is 25.3 Å². The van der Waals surface area contributed by atoms with Crippen LogP contribution in [0.15, 0.2) is 18.2 Å². The Bertz CT molecular complexity index is 459. The second-order valence-corrected chi connectivity index (χ2v) is 3.53. The van der Waals surface area contributed by atoms with Crippen molar-refractivity contribution in [3.05, 3.63) is 23.8 Å². The summed E-state index contributed by atoms with van der Waals surface area (Å²) < 4.78 is 43.0. The number of carbonyl (C=O) groups excluding carboxylic acids is 1. The van der Waals surface area contributed by atoms with Crippen LogP contribution in [0.25, 0.3) is 0 Å². The molecule has 0 bridgehead atoms. The highest BCUT2D eigenvalue weighted by molar-refractivity contribution is 5.93. The predicted molar refractivity (Wildman–Crippen MR) is 53.9 cm³/mol. The summed E-state index contributed by atoms with van der Waals surface area (Å²) in [6, 6.07) is 1.17. The van der Waals surface area contributed by atoms with E-state index in [1.807, 2.05) is 5.32 Å². The molecule has 0 saturated heterocycles. The Balaban J connectivity index is 2.47. The minimum absolute atomic E-state index is 0.0297. The highest BCUT2D eigenvalue weighted by atomic mass is 19.4. The first kappa shape index (κ1) is 11.6. The van der Waals surface area contributed by atoms with E-state index < -0.39 is 18.2 Å². The van der Waals surface area contributed by atoms with Gasteiger partial charge < -0.3 is 15.4 Å². The van der Waals surface area contributed by atoms with Gasteiger partial charge in [0.1, 0.15) is 5.75 Å². The van der Waals surface area contributed by atoms with Crippen molar-refractivity contribution in [2.75, 3.05) is 12.4 Å². The van der Waals surface area contributed by atoms with Gasteiger partial charge in [-0.2, -0.15) is 13.2 Å². The molecule has 1 atom stereocenters. The number of methoxy groups -OCH3 is 1. The first-order chi connectivity index (χ1) is 7.91. The molecule has 4 nitrogen and oxygen atoms in total. The van der Waals surface area contributed by atoms with Crippen LogP contribution in [0.2, 0.25) is 0 Å². The number of halogens is 3. The number of alkyl halides is 3. The number of fused-ring (bicyclic) bond motifs is 1. The summed E-state index contributed by atoms with van der Waals surface area (Å²) in [7, 11) is 1.39. The van der Waals surface area contributed by atoms with Gasteiger partial charge in [0.05, 0.1) is 12.8 Å². The zero-order chi connectivity index (χ0) is 12.6. The molecule has 0 aromatic heterocycles. The summed E-state index contributed by atoms with van der Waals surface area (Å²) in [5.41, 5.74) is 0.0772. The quantitative estimate of drug-likeness (QED) is 0.799. The number of rotatable bonds is 1. The van der Waals surface area contributed by atoms with Crippen LogP contribution in [0.4, 0.5) is 23.7 Å². The first-order valence-corrected chi connectivity index (χ1v) is 4.74. The third-order valence-electron chi connectivity index (χ3n) is 2.42. The Labute approximate surface area is 94.8 Å². The number of anilines is 1. The molecule has 2 amide bonds.